The normalized spacial score (nSPS) is 17.2. The van der Waals surface area contributed by atoms with Crippen molar-refractivity contribution in [3.63, 3.8) is 0 Å². The fourth-order valence-electron chi connectivity index (χ4n) is 0.756. The molecule has 0 aliphatic heterocycles. The predicted molar refractivity (Wildman–Crippen MR) is 42.7 cm³/mol. The van der Waals surface area contributed by atoms with E-state index in [0.717, 1.165) is 12.5 Å². The van der Waals surface area contributed by atoms with Gasteiger partial charge in [0.25, 0.3) is 0 Å². The molecule has 0 aromatic heterocycles. The highest BCUT2D eigenvalue weighted by atomic mass is 16.5. The zero-order valence-corrected chi connectivity index (χ0v) is 6.75. The number of aliphatic imine (C=N–C) groups is 1. The molecule has 3 nitrogen and oxygen atoms in total. The van der Waals surface area contributed by atoms with Gasteiger partial charge in [-0.15, -0.1) is 0 Å². The zero-order valence-electron chi connectivity index (χ0n) is 6.75. The third-order valence-electron chi connectivity index (χ3n) is 1.54. The quantitative estimate of drug-likeness (QED) is 0.449. The van der Waals surface area contributed by atoms with Gasteiger partial charge in [0.15, 0.2) is 0 Å². The van der Waals surface area contributed by atoms with Gasteiger partial charge in [-0.05, 0) is 25.7 Å². The zero-order chi connectivity index (χ0) is 8.10. The summed E-state index contributed by atoms with van der Waals surface area (Å²) in [5, 5.41) is 0. The number of nitrogens with zero attached hydrogens (tertiary/aromatic N) is 1. The molecule has 1 fully saturated rings. The van der Waals surface area contributed by atoms with E-state index in [-0.39, 0.29) is 5.97 Å². The average Bonchev–Trinajstić information content (AvgIpc) is 2.72. The first-order valence-electron chi connectivity index (χ1n) is 3.99. The fraction of sp³-hybridized carbons (Fsp3) is 0.750. The summed E-state index contributed by atoms with van der Waals surface area (Å²) in [5.41, 5.74) is 0. The smallest absolute Gasteiger partial charge is 0.348 e. The van der Waals surface area contributed by atoms with Crippen LogP contribution in [0.5, 0.6) is 0 Å². The van der Waals surface area contributed by atoms with Crippen LogP contribution < -0.4 is 0 Å². The lowest BCUT2D eigenvalue weighted by Gasteiger charge is -1.93. The van der Waals surface area contributed by atoms with Gasteiger partial charge in [0, 0.05) is 6.54 Å². The molecule has 11 heavy (non-hydrogen) atoms. The largest absolute Gasteiger partial charge is 0.462 e. The van der Waals surface area contributed by atoms with Gasteiger partial charge < -0.3 is 4.74 Å². The summed E-state index contributed by atoms with van der Waals surface area (Å²) in [4.78, 5) is 14.6. The summed E-state index contributed by atoms with van der Waals surface area (Å²) in [6, 6.07) is 0. The van der Waals surface area contributed by atoms with Crippen LogP contribution in [-0.4, -0.2) is 25.3 Å². The standard InChI is InChI=1S/C8H13NO2/c1-2-11-8(10)6-9-5-7-3-4-7/h6-7H,2-5H2,1H3/b9-6+. The number of carbonyl (C=O) groups is 1. The van der Waals surface area contributed by atoms with Gasteiger partial charge in [-0.25, -0.2) is 4.79 Å². The molecule has 0 saturated heterocycles. The van der Waals surface area contributed by atoms with Crippen molar-refractivity contribution >= 4 is 12.2 Å². The Morgan fingerprint density at radius 1 is 1.73 bits per heavy atom. The molecule has 0 aromatic rings. The highest BCUT2D eigenvalue weighted by Gasteiger charge is 2.19. The molecular formula is C8H13NO2. The van der Waals surface area contributed by atoms with Gasteiger partial charge in [-0.2, -0.15) is 0 Å². The number of ether oxygens (including phenoxy) is 1. The van der Waals surface area contributed by atoms with Gasteiger partial charge in [0.1, 0.15) is 6.21 Å². The van der Waals surface area contributed by atoms with Crippen LogP contribution in [0.15, 0.2) is 4.99 Å². The second-order valence-corrected chi connectivity index (χ2v) is 2.69. The second kappa shape index (κ2) is 4.11. The Morgan fingerprint density at radius 2 is 2.45 bits per heavy atom. The molecule has 0 amide bonds. The van der Waals surface area contributed by atoms with E-state index in [1.807, 2.05) is 0 Å². The number of esters is 1. The summed E-state index contributed by atoms with van der Waals surface area (Å²) in [6.07, 6.45) is 3.81. The summed E-state index contributed by atoms with van der Waals surface area (Å²) in [6.45, 7) is 3.00. The molecule has 0 heterocycles. The summed E-state index contributed by atoms with van der Waals surface area (Å²) in [7, 11) is 0. The lowest BCUT2D eigenvalue weighted by Crippen LogP contribution is -2.05. The molecular weight excluding hydrogens is 142 g/mol. The van der Waals surface area contributed by atoms with E-state index < -0.39 is 0 Å². The van der Waals surface area contributed by atoms with Crippen LogP contribution in [0, 0.1) is 5.92 Å². The van der Waals surface area contributed by atoms with Gasteiger partial charge in [-0.1, -0.05) is 0 Å². The molecule has 0 N–H and O–H groups in total. The number of carbonyl (C=O) groups excluding carboxylic acids is 1. The number of hydrogen-bond donors (Lipinski definition) is 0. The minimum absolute atomic E-state index is 0.326. The first-order valence-corrected chi connectivity index (χ1v) is 3.99. The minimum Gasteiger partial charge on any atom is -0.462 e. The van der Waals surface area contributed by atoms with Crippen LogP contribution in [0.2, 0.25) is 0 Å². The Hall–Kier alpha value is -0.860. The van der Waals surface area contributed by atoms with Crippen molar-refractivity contribution < 1.29 is 9.53 Å². The Kier molecular flexibility index (Phi) is 3.08. The van der Waals surface area contributed by atoms with Gasteiger partial charge >= 0.3 is 5.97 Å². The minimum atomic E-state index is -0.326. The Bertz CT molecular complexity index is 161. The maximum Gasteiger partial charge on any atom is 0.348 e. The molecule has 1 aliphatic carbocycles. The Labute approximate surface area is 66.5 Å². The maximum atomic E-state index is 10.7. The second-order valence-electron chi connectivity index (χ2n) is 2.69. The summed E-state index contributed by atoms with van der Waals surface area (Å²) in [5.74, 6) is 0.411. The summed E-state index contributed by atoms with van der Waals surface area (Å²) >= 11 is 0. The van der Waals surface area contributed by atoms with E-state index in [9.17, 15) is 4.79 Å². The molecule has 1 aliphatic rings. The van der Waals surface area contributed by atoms with Crippen LogP contribution >= 0.6 is 0 Å². The van der Waals surface area contributed by atoms with Crippen LogP contribution in [0.1, 0.15) is 19.8 Å². The topological polar surface area (TPSA) is 38.7 Å². The third kappa shape index (κ3) is 3.75. The van der Waals surface area contributed by atoms with Gasteiger partial charge in [0.2, 0.25) is 0 Å². The molecule has 1 saturated carbocycles. The van der Waals surface area contributed by atoms with Crippen LogP contribution in [0.25, 0.3) is 0 Å². The maximum absolute atomic E-state index is 10.7. The third-order valence-corrected chi connectivity index (χ3v) is 1.54. The van der Waals surface area contributed by atoms with E-state index in [4.69, 9.17) is 0 Å². The van der Waals surface area contributed by atoms with E-state index >= 15 is 0 Å². The highest BCUT2D eigenvalue weighted by molar-refractivity contribution is 6.23. The predicted octanol–water partition coefficient (Wildman–Crippen LogP) is 1.03. The van der Waals surface area contributed by atoms with Crippen LogP contribution in [0.4, 0.5) is 0 Å². The Balaban J connectivity index is 2.06. The van der Waals surface area contributed by atoms with Crippen LogP contribution in [0.3, 0.4) is 0 Å². The van der Waals surface area contributed by atoms with Crippen LogP contribution in [-0.2, 0) is 9.53 Å². The number of rotatable bonds is 4. The first-order chi connectivity index (χ1) is 5.33. The highest BCUT2D eigenvalue weighted by Crippen LogP contribution is 2.28. The average molecular weight is 155 g/mol. The molecule has 0 unspecified atom stereocenters. The molecule has 0 aromatic carbocycles. The van der Waals surface area contributed by atoms with Crippen molar-refractivity contribution in [2.75, 3.05) is 13.2 Å². The van der Waals surface area contributed by atoms with E-state index in [2.05, 4.69) is 9.73 Å². The monoisotopic (exact) mass is 155 g/mol. The molecule has 1 rings (SSSR count). The SMILES string of the molecule is CCOC(=O)/C=N/CC1CC1. The van der Waals surface area contributed by atoms with Crippen molar-refractivity contribution in [2.24, 2.45) is 10.9 Å². The molecule has 0 bridgehead atoms. The molecule has 0 atom stereocenters. The van der Waals surface area contributed by atoms with E-state index in [1.54, 1.807) is 6.92 Å². The lowest BCUT2D eigenvalue weighted by molar-refractivity contribution is -0.134. The summed E-state index contributed by atoms with van der Waals surface area (Å²) < 4.78 is 4.66. The fourth-order valence-corrected chi connectivity index (χ4v) is 0.756. The Morgan fingerprint density at radius 3 is 3.00 bits per heavy atom. The van der Waals surface area contributed by atoms with E-state index in [1.165, 1.54) is 19.1 Å². The first kappa shape index (κ1) is 8.24. The van der Waals surface area contributed by atoms with Crippen molar-refractivity contribution in [1.82, 2.24) is 0 Å². The molecule has 3 heteroatoms. The van der Waals surface area contributed by atoms with Crippen molar-refractivity contribution in [3.8, 4) is 0 Å². The van der Waals surface area contributed by atoms with Gasteiger partial charge in [-0.3, -0.25) is 4.99 Å². The molecule has 0 spiro atoms. The van der Waals surface area contributed by atoms with Crippen molar-refractivity contribution in [2.45, 2.75) is 19.8 Å². The van der Waals surface area contributed by atoms with Gasteiger partial charge in [0.05, 0.1) is 6.61 Å². The van der Waals surface area contributed by atoms with Crippen molar-refractivity contribution in [1.29, 1.82) is 0 Å². The number of hydrogen-bond acceptors (Lipinski definition) is 3. The van der Waals surface area contributed by atoms with Crippen molar-refractivity contribution in [3.05, 3.63) is 0 Å². The molecule has 62 valence electrons. The molecule has 0 radical (unpaired) electrons. The lowest BCUT2D eigenvalue weighted by atomic mass is 10.4. The van der Waals surface area contributed by atoms with E-state index in [0.29, 0.717) is 6.61 Å².